The van der Waals surface area contributed by atoms with Gasteiger partial charge in [-0.15, -0.1) is 0 Å². The van der Waals surface area contributed by atoms with Crippen LogP contribution in [-0.4, -0.2) is 47.4 Å². The van der Waals surface area contributed by atoms with Gasteiger partial charge in [0.15, 0.2) is 0 Å². The van der Waals surface area contributed by atoms with E-state index in [9.17, 15) is 5.11 Å². The molecule has 1 aliphatic rings. The third-order valence-corrected chi connectivity index (χ3v) is 3.10. The lowest BCUT2D eigenvalue weighted by atomic mass is 9.98. The molecule has 0 saturated carbocycles. The number of ether oxygens (including phenoxy) is 1. The van der Waals surface area contributed by atoms with Gasteiger partial charge < -0.3 is 14.7 Å². The second-order valence-corrected chi connectivity index (χ2v) is 6.15. The van der Waals surface area contributed by atoms with E-state index in [0.717, 1.165) is 45.5 Å². The first kappa shape index (κ1) is 13.9. The second-order valence-electron chi connectivity index (χ2n) is 6.15. The van der Waals surface area contributed by atoms with Gasteiger partial charge in [-0.25, -0.2) is 0 Å². The first-order chi connectivity index (χ1) is 7.29. The van der Waals surface area contributed by atoms with Crippen LogP contribution in [0.4, 0.5) is 0 Å². The van der Waals surface area contributed by atoms with Crippen LogP contribution in [0.25, 0.3) is 0 Å². The molecule has 0 radical (unpaired) electrons. The summed E-state index contributed by atoms with van der Waals surface area (Å²) in [5.74, 6) is 0. The van der Waals surface area contributed by atoms with Crippen molar-refractivity contribution in [2.45, 2.75) is 58.2 Å². The standard InChI is InChI=1S/C13H27NO2/c1-12(2,3)16-11-10-14-8-5-6-13(4,15)7-9-14/h15H,5-11H2,1-4H3. The summed E-state index contributed by atoms with van der Waals surface area (Å²) in [6.07, 6.45) is 2.88. The van der Waals surface area contributed by atoms with Crippen LogP contribution in [0, 0.1) is 0 Å². The summed E-state index contributed by atoms with van der Waals surface area (Å²) >= 11 is 0. The average molecular weight is 229 g/mol. The second kappa shape index (κ2) is 5.48. The van der Waals surface area contributed by atoms with Crippen LogP contribution in [0.15, 0.2) is 0 Å². The van der Waals surface area contributed by atoms with E-state index in [1.54, 1.807) is 0 Å². The molecule has 1 rings (SSSR count). The highest BCUT2D eigenvalue weighted by Crippen LogP contribution is 2.21. The molecule has 0 amide bonds. The van der Waals surface area contributed by atoms with Gasteiger partial charge in [0.25, 0.3) is 0 Å². The van der Waals surface area contributed by atoms with Crippen LogP contribution in [0.1, 0.15) is 47.0 Å². The predicted octanol–water partition coefficient (Wildman–Crippen LogP) is 2.04. The number of likely N-dealkylation sites (tertiary alicyclic amines) is 1. The maximum absolute atomic E-state index is 9.97. The van der Waals surface area contributed by atoms with E-state index in [1.165, 1.54) is 0 Å². The molecule has 0 aliphatic carbocycles. The summed E-state index contributed by atoms with van der Waals surface area (Å²) in [5.41, 5.74) is -0.503. The highest BCUT2D eigenvalue weighted by Gasteiger charge is 2.24. The summed E-state index contributed by atoms with van der Waals surface area (Å²) in [5, 5.41) is 9.97. The number of hydrogen-bond acceptors (Lipinski definition) is 3. The molecule has 3 nitrogen and oxygen atoms in total. The smallest absolute Gasteiger partial charge is 0.0632 e. The van der Waals surface area contributed by atoms with Gasteiger partial charge in [-0.2, -0.15) is 0 Å². The third kappa shape index (κ3) is 5.83. The molecule has 0 aromatic heterocycles. The van der Waals surface area contributed by atoms with Crippen molar-refractivity contribution in [2.24, 2.45) is 0 Å². The Morgan fingerprint density at radius 1 is 1.25 bits per heavy atom. The molecule has 1 saturated heterocycles. The van der Waals surface area contributed by atoms with E-state index < -0.39 is 5.60 Å². The molecule has 1 atom stereocenters. The zero-order valence-electron chi connectivity index (χ0n) is 11.3. The SMILES string of the molecule is CC1(O)CCCN(CCOC(C)(C)C)CC1. The maximum Gasteiger partial charge on any atom is 0.0632 e. The topological polar surface area (TPSA) is 32.7 Å². The zero-order chi connectivity index (χ0) is 12.2. The number of hydrogen-bond donors (Lipinski definition) is 1. The fourth-order valence-corrected chi connectivity index (χ4v) is 2.02. The van der Waals surface area contributed by atoms with Gasteiger partial charge in [0.05, 0.1) is 17.8 Å². The molecule has 1 heterocycles. The molecule has 3 heteroatoms. The van der Waals surface area contributed by atoms with Crippen molar-refractivity contribution in [3.8, 4) is 0 Å². The fourth-order valence-electron chi connectivity index (χ4n) is 2.02. The summed E-state index contributed by atoms with van der Waals surface area (Å²) < 4.78 is 5.72. The van der Waals surface area contributed by atoms with Crippen LogP contribution in [0.3, 0.4) is 0 Å². The molecule has 0 aromatic rings. The molecule has 1 N–H and O–H groups in total. The Hall–Kier alpha value is -0.120. The van der Waals surface area contributed by atoms with E-state index >= 15 is 0 Å². The fraction of sp³-hybridized carbons (Fsp3) is 1.00. The lowest BCUT2D eigenvalue weighted by molar-refractivity contribution is -0.0140. The molecule has 16 heavy (non-hydrogen) atoms. The van der Waals surface area contributed by atoms with Crippen LogP contribution >= 0.6 is 0 Å². The van der Waals surface area contributed by atoms with Gasteiger partial charge in [-0.05, 0) is 53.5 Å². The molecule has 0 spiro atoms. The molecule has 1 fully saturated rings. The highest BCUT2D eigenvalue weighted by atomic mass is 16.5. The average Bonchev–Trinajstić information content (AvgIpc) is 2.26. The Balaban J connectivity index is 2.23. The minimum absolute atomic E-state index is 0.0443. The van der Waals surface area contributed by atoms with Crippen LogP contribution < -0.4 is 0 Å². The van der Waals surface area contributed by atoms with Crippen molar-refractivity contribution in [1.82, 2.24) is 4.90 Å². The Morgan fingerprint density at radius 3 is 2.56 bits per heavy atom. The predicted molar refractivity (Wildman–Crippen MR) is 66.6 cm³/mol. The summed E-state index contributed by atoms with van der Waals surface area (Å²) in [7, 11) is 0. The number of aliphatic hydroxyl groups is 1. The number of nitrogens with zero attached hydrogens (tertiary/aromatic N) is 1. The molecule has 0 bridgehead atoms. The molecular weight excluding hydrogens is 202 g/mol. The quantitative estimate of drug-likeness (QED) is 0.804. The van der Waals surface area contributed by atoms with Crippen molar-refractivity contribution in [3.63, 3.8) is 0 Å². The molecule has 1 aliphatic heterocycles. The molecular formula is C13H27NO2. The first-order valence-corrected chi connectivity index (χ1v) is 6.37. The summed E-state index contributed by atoms with van der Waals surface area (Å²) in [6.45, 7) is 12.0. The molecule has 96 valence electrons. The van der Waals surface area contributed by atoms with Gasteiger partial charge in [-0.1, -0.05) is 0 Å². The van der Waals surface area contributed by atoms with Gasteiger partial charge >= 0.3 is 0 Å². The van der Waals surface area contributed by atoms with E-state index in [4.69, 9.17) is 4.74 Å². The zero-order valence-corrected chi connectivity index (χ0v) is 11.3. The van der Waals surface area contributed by atoms with Crippen molar-refractivity contribution in [1.29, 1.82) is 0 Å². The maximum atomic E-state index is 9.97. The molecule has 1 unspecified atom stereocenters. The summed E-state index contributed by atoms with van der Waals surface area (Å²) in [4.78, 5) is 2.40. The largest absolute Gasteiger partial charge is 0.390 e. The van der Waals surface area contributed by atoms with Crippen LogP contribution in [0.5, 0.6) is 0 Å². The number of rotatable bonds is 3. The minimum Gasteiger partial charge on any atom is -0.390 e. The third-order valence-electron chi connectivity index (χ3n) is 3.10. The lowest BCUT2D eigenvalue weighted by Gasteiger charge is -2.25. The highest BCUT2D eigenvalue weighted by molar-refractivity contribution is 4.79. The van der Waals surface area contributed by atoms with E-state index in [0.29, 0.717) is 0 Å². The van der Waals surface area contributed by atoms with Crippen molar-refractivity contribution in [3.05, 3.63) is 0 Å². The van der Waals surface area contributed by atoms with Gasteiger partial charge in [-0.3, -0.25) is 0 Å². The first-order valence-electron chi connectivity index (χ1n) is 6.37. The lowest BCUT2D eigenvalue weighted by Crippen LogP contribution is -2.33. The van der Waals surface area contributed by atoms with Crippen molar-refractivity contribution < 1.29 is 9.84 Å². The van der Waals surface area contributed by atoms with Gasteiger partial charge in [0.2, 0.25) is 0 Å². The van der Waals surface area contributed by atoms with Gasteiger partial charge in [0, 0.05) is 13.1 Å². The Morgan fingerprint density at radius 2 is 1.94 bits per heavy atom. The van der Waals surface area contributed by atoms with E-state index in [-0.39, 0.29) is 5.60 Å². The van der Waals surface area contributed by atoms with Crippen LogP contribution in [0.2, 0.25) is 0 Å². The van der Waals surface area contributed by atoms with E-state index in [2.05, 4.69) is 25.7 Å². The van der Waals surface area contributed by atoms with Gasteiger partial charge in [0.1, 0.15) is 0 Å². The Labute approximate surface area is 99.8 Å². The molecule has 0 aromatic carbocycles. The monoisotopic (exact) mass is 229 g/mol. The minimum atomic E-state index is -0.459. The Kier molecular flexibility index (Phi) is 4.77. The Bertz CT molecular complexity index is 208. The van der Waals surface area contributed by atoms with Crippen LogP contribution in [-0.2, 0) is 4.74 Å². The van der Waals surface area contributed by atoms with Crippen molar-refractivity contribution in [2.75, 3.05) is 26.2 Å². The van der Waals surface area contributed by atoms with E-state index in [1.807, 2.05) is 6.92 Å². The van der Waals surface area contributed by atoms with Crippen molar-refractivity contribution >= 4 is 0 Å². The summed E-state index contributed by atoms with van der Waals surface area (Å²) in [6, 6.07) is 0. The normalized spacial score (nSPS) is 29.1.